The predicted octanol–water partition coefficient (Wildman–Crippen LogP) is 4.02. The van der Waals surface area contributed by atoms with Crippen LogP contribution in [0.2, 0.25) is 0 Å². The molecule has 1 amide bonds. The molecular formula is C22H25N3O. The highest BCUT2D eigenvalue weighted by atomic mass is 16.1. The number of nitrogens with one attached hydrogen (secondary N) is 1. The van der Waals surface area contributed by atoms with Gasteiger partial charge in [-0.1, -0.05) is 31.2 Å². The molecule has 4 nitrogen and oxygen atoms in total. The average molecular weight is 347 g/mol. The van der Waals surface area contributed by atoms with Crippen molar-refractivity contribution in [2.45, 2.75) is 33.6 Å². The molecule has 0 fully saturated rings. The number of nitrogens with zero attached hydrogens (tertiary/aromatic N) is 2. The molecule has 0 aliphatic rings. The molecule has 1 aromatic heterocycles. The van der Waals surface area contributed by atoms with E-state index in [0.29, 0.717) is 12.1 Å². The first-order valence-corrected chi connectivity index (χ1v) is 9.06. The van der Waals surface area contributed by atoms with Crippen molar-refractivity contribution in [1.29, 1.82) is 0 Å². The van der Waals surface area contributed by atoms with Gasteiger partial charge in [0.25, 0.3) is 5.91 Å². The number of carbonyl (C=O) groups excluding carboxylic acids is 1. The highest BCUT2D eigenvalue weighted by Crippen LogP contribution is 2.13. The fourth-order valence-electron chi connectivity index (χ4n) is 3.01. The Hall–Kier alpha value is -2.88. The Morgan fingerprint density at radius 3 is 2.23 bits per heavy atom. The van der Waals surface area contributed by atoms with Gasteiger partial charge in [0.15, 0.2) is 0 Å². The topological polar surface area (TPSA) is 46.9 Å². The summed E-state index contributed by atoms with van der Waals surface area (Å²) in [6.45, 7) is 6.77. The standard InChI is InChI=1S/C22H25N3O/c1-4-18-5-9-20(10-6-18)22(26)23-14-13-19-7-11-21(12-8-19)25-17(3)15-16(2)24-25/h5-12,15H,4,13-14H2,1-3H3,(H,23,26). The first kappa shape index (κ1) is 17.9. The van der Waals surface area contributed by atoms with Gasteiger partial charge in [0.1, 0.15) is 0 Å². The lowest BCUT2D eigenvalue weighted by Gasteiger charge is -2.08. The van der Waals surface area contributed by atoms with E-state index in [1.807, 2.05) is 35.9 Å². The zero-order valence-corrected chi connectivity index (χ0v) is 15.6. The van der Waals surface area contributed by atoms with Crippen molar-refractivity contribution in [3.63, 3.8) is 0 Å². The molecule has 26 heavy (non-hydrogen) atoms. The quantitative estimate of drug-likeness (QED) is 0.732. The monoisotopic (exact) mass is 347 g/mol. The van der Waals surface area contributed by atoms with Gasteiger partial charge >= 0.3 is 0 Å². The van der Waals surface area contributed by atoms with Crippen molar-refractivity contribution in [2.75, 3.05) is 6.54 Å². The SMILES string of the molecule is CCc1ccc(C(=O)NCCc2ccc(-n3nc(C)cc3C)cc2)cc1. The highest BCUT2D eigenvalue weighted by molar-refractivity contribution is 5.94. The molecule has 1 N–H and O–H groups in total. The molecule has 3 rings (SSSR count). The van der Waals surface area contributed by atoms with Crippen LogP contribution in [0.4, 0.5) is 0 Å². The van der Waals surface area contributed by atoms with Crippen molar-refractivity contribution in [1.82, 2.24) is 15.1 Å². The lowest BCUT2D eigenvalue weighted by Crippen LogP contribution is -2.25. The smallest absolute Gasteiger partial charge is 0.251 e. The predicted molar refractivity (Wildman–Crippen MR) is 105 cm³/mol. The summed E-state index contributed by atoms with van der Waals surface area (Å²) in [5.74, 6) is -0.0214. The number of amides is 1. The van der Waals surface area contributed by atoms with Crippen molar-refractivity contribution >= 4 is 5.91 Å². The lowest BCUT2D eigenvalue weighted by molar-refractivity contribution is 0.0954. The molecule has 134 valence electrons. The number of hydrogen-bond acceptors (Lipinski definition) is 2. The third-order valence-corrected chi connectivity index (χ3v) is 4.51. The van der Waals surface area contributed by atoms with E-state index in [0.717, 1.165) is 29.9 Å². The summed E-state index contributed by atoms with van der Waals surface area (Å²) in [7, 11) is 0. The summed E-state index contributed by atoms with van der Waals surface area (Å²) in [4.78, 5) is 12.2. The summed E-state index contributed by atoms with van der Waals surface area (Å²) >= 11 is 0. The summed E-state index contributed by atoms with van der Waals surface area (Å²) in [5, 5.41) is 7.49. The minimum atomic E-state index is -0.0214. The van der Waals surface area contributed by atoms with E-state index in [1.165, 1.54) is 11.1 Å². The van der Waals surface area contributed by atoms with Gasteiger partial charge in [0, 0.05) is 17.8 Å². The summed E-state index contributed by atoms with van der Waals surface area (Å²) in [6, 6.07) is 18.2. The van der Waals surface area contributed by atoms with E-state index in [-0.39, 0.29) is 5.91 Å². The molecule has 0 unspecified atom stereocenters. The Balaban J connectivity index is 1.54. The summed E-state index contributed by atoms with van der Waals surface area (Å²) in [5.41, 5.74) is 6.33. The third kappa shape index (κ3) is 4.20. The Labute approximate surface area is 154 Å². The third-order valence-electron chi connectivity index (χ3n) is 4.51. The Kier molecular flexibility index (Phi) is 5.52. The fourth-order valence-corrected chi connectivity index (χ4v) is 3.01. The van der Waals surface area contributed by atoms with E-state index in [9.17, 15) is 4.79 Å². The van der Waals surface area contributed by atoms with E-state index in [2.05, 4.69) is 54.6 Å². The van der Waals surface area contributed by atoms with E-state index in [1.54, 1.807) is 0 Å². The van der Waals surface area contributed by atoms with E-state index in [4.69, 9.17) is 0 Å². The van der Waals surface area contributed by atoms with Gasteiger partial charge in [-0.3, -0.25) is 4.79 Å². The number of benzene rings is 2. The number of hydrogen-bond donors (Lipinski definition) is 1. The van der Waals surface area contributed by atoms with Gasteiger partial charge in [-0.15, -0.1) is 0 Å². The zero-order valence-electron chi connectivity index (χ0n) is 15.6. The van der Waals surface area contributed by atoms with E-state index < -0.39 is 0 Å². The molecular weight excluding hydrogens is 322 g/mol. The molecule has 0 atom stereocenters. The second-order valence-electron chi connectivity index (χ2n) is 6.56. The molecule has 3 aromatic rings. The van der Waals surface area contributed by atoms with E-state index >= 15 is 0 Å². The van der Waals surface area contributed by atoms with Crippen LogP contribution in [-0.4, -0.2) is 22.2 Å². The number of aromatic nitrogens is 2. The van der Waals surface area contributed by atoms with Gasteiger partial charge in [0.05, 0.1) is 11.4 Å². The molecule has 0 bridgehead atoms. The minimum absolute atomic E-state index is 0.0214. The molecule has 0 saturated heterocycles. The second kappa shape index (κ2) is 8.00. The van der Waals surface area contributed by atoms with Gasteiger partial charge in [-0.2, -0.15) is 5.10 Å². The Bertz CT molecular complexity index is 877. The molecule has 0 aliphatic carbocycles. The normalized spacial score (nSPS) is 10.7. The molecule has 0 aliphatic heterocycles. The Morgan fingerprint density at radius 2 is 1.65 bits per heavy atom. The van der Waals surface area contributed by atoms with Gasteiger partial charge in [0.2, 0.25) is 0 Å². The maximum Gasteiger partial charge on any atom is 0.251 e. The fraction of sp³-hybridized carbons (Fsp3) is 0.273. The Morgan fingerprint density at radius 1 is 1.00 bits per heavy atom. The zero-order chi connectivity index (χ0) is 18.5. The van der Waals surface area contributed by atoms with Crippen molar-refractivity contribution in [3.8, 4) is 5.69 Å². The van der Waals surface area contributed by atoms with Crippen LogP contribution in [-0.2, 0) is 12.8 Å². The first-order chi connectivity index (χ1) is 12.6. The number of rotatable bonds is 6. The minimum Gasteiger partial charge on any atom is -0.352 e. The van der Waals surface area contributed by atoms with Crippen molar-refractivity contribution in [3.05, 3.63) is 82.7 Å². The average Bonchev–Trinajstić information content (AvgIpc) is 3.00. The van der Waals surface area contributed by atoms with Crippen LogP contribution in [0.3, 0.4) is 0 Å². The molecule has 0 saturated carbocycles. The molecule has 2 aromatic carbocycles. The number of carbonyl (C=O) groups is 1. The lowest BCUT2D eigenvalue weighted by atomic mass is 10.1. The maximum absolute atomic E-state index is 12.2. The van der Waals surface area contributed by atoms with Crippen LogP contribution < -0.4 is 5.32 Å². The summed E-state index contributed by atoms with van der Waals surface area (Å²) in [6.07, 6.45) is 1.78. The van der Waals surface area contributed by atoms with Gasteiger partial charge in [-0.05, 0) is 68.1 Å². The van der Waals surface area contributed by atoms with Gasteiger partial charge < -0.3 is 5.32 Å². The van der Waals surface area contributed by atoms with Gasteiger partial charge in [-0.25, -0.2) is 4.68 Å². The van der Waals surface area contributed by atoms with Crippen molar-refractivity contribution < 1.29 is 4.79 Å². The van der Waals surface area contributed by atoms with Crippen molar-refractivity contribution in [2.24, 2.45) is 0 Å². The summed E-state index contributed by atoms with van der Waals surface area (Å²) < 4.78 is 1.95. The number of aryl methyl sites for hydroxylation is 3. The van der Waals surface area contributed by atoms with Crippen LogP contribution in [0.5, 0.6) is 0 Å². The second-order valence-corrected chi connectivity index (χ2v) is 6.56. The maximum atomic E-state index is 12.2. The first-order valence-electron chi connectivity index (χ1n) is 9.06. The molecule has 4 heteroatoms. The van der Waals surface area contributed by atoms with Crippen LogP contribution in [0.25, 0.3) is 5.69 Å². The molecule has 0 radical (unpaired) electrons. The van der Waals surface area contributed by atoms with Crippen LogP contribution in [0, 0.1) is 13.8 Å². The highest BCUT2D eigenvalue weighted by Gasteiger charge is 2.06. The molecule has 1 heterocycles. The van der Waals surface area contributed by atoms with Crippen LogP contribution >= 0.6 is 0 Å². The largest absolute Gasteiger partial charge is 0.352 e. The van der Waals surface area contributed by atoms with Crippen LogP contribution in [0.15, 0.2) is 54.6 Å². The van der Waals surface area contributed by atoms with Crippen LogP contribution in [0.1, 0.15) is 39.8 Å². The molecule has 0 spiro atoms.